The number of rotatable bonds is 6. The second-order valence-electron chi connectivity index (χ2n) is 5.60. The van der Waals surface area contributed by atoms with Gasteiger partial charge in [0.1, 0.15) is 11.9 Å². The summed E-state index contributed by atoms with van der Waals surface area (Å²) in [5, 5.41) is 2.85. The Kier molecular flexibility index (Phi) is 5.65. The zero-order valence-electron chi connectivity index (χ0n) is 12.7. The van der Waals surface area contributed by atoms with Gasteiger partial charge in [-0.05, 0) is 45.6 Å². The number of hydrogen-bond donors (Lipinski definition) is 1. The van der Waals surface area contributed by atoms with Crippen LogP contribution in [0.2, 0.25) is 0 Å². The molecule has 0 spiro atoms. The lowest BCUT2D eigenvalue weighted by atomic mass is 10.0. The van der Waals surface area contributed by atoms with Crippen LogP contribution in [0.25, 0.3) is 0 Å². The molecule has 20 heavy (non-hydrogen) atoms. The molecule has 112 valence electrons. The highest BCUT2D eigenvalue weighted by Crippen LogP contribution is 2.19. The Balaban J connectivity index is 2.84. The lowest BCUT2D eigenvalue weighted by molar-refractivity contribution is -0.127. The minimum absolute atomic E-state index is 0.175. The van der Waals surface area contributed by atoms with Gasteiger partial charge in [0.05, 0.1) is 5.60 Å². The van der Waals surface area contributed by atoms with E-state index in [2.05, 4.69) is 5.32 Å². The van der Waals surface area contributed by atoms with Crippen LogP contribution >= 0.6 is 0 Å². The van der Waals surface area contributed by atoms with Gasteiger partial charge in [0, 0.05) is 13.7 Å². The molecule has 0 saturated heterocycles. The summed E-state index contributed by atoms with van der Waals surface area (Å²) in [6.07, 6.45) is 0. The molecule has 1 amide bonds. The standard InChI is InChI=1S/C15H23FN2O2/c1-15(2,20-5)10-17-14(19)13(18(3)4)11-7-6-8-12(16)9-11/h6-9,13H,10H2,1-5H3,(H,17,19)/t13-/m1/s1. The van der Waals surface area contributed by atoms with E-state index in [0.29, 0.717) is 12.1 Å². The highest BCUT2D eigenvalue weighted by Gasteiger charge is 2.25. The molecule has 1 atom stereocenters. The van der Waals surface area contributed by atoms with E-state index < -0.39 is 11.6 Å². The lowest BCUT2D eigenvalue weighted by Gasteiger charge is -2.27. The number of nitrogens with one attached hydrogen (secondary N) is 1. The molecule has 0 saturated carbocycles. The number of carbonyl (C=O) groups excluding carboxylic acids is 1. The molecule has 0 aliphatic carbocycles. The van der Waals surface area contributed by atoms with Gasteiger partial charge in [0.2, 0.25) is 5.91 Å². The monoisotopic (exact) mass is 282 g/mol. The van der Waals surface area contributed by atoms with E-state index in [1.165, 1.54) is 12.1 Å². The molecule has 0 fully saturated rings. The highest BCUT2D eigenvalue weighted by atomic mass is 19.1. The summed E-state index contributed by atoms with van der Waals surface area (Å²) in [6, 6.07) is 5.56. The fraction of sp³-hybridized carbons (Fsp3) is 0.533. The van der Waals surface area contributed by atoms with E-state index in [1.54, 1.807) is 38.2 Å². The summed E-state index contributed by atoms with van der Waals surface area (Å²) >= 11 is 0. The number of halogens is 1. The zero-order chi connectivity index (χ0) is 15.3. The summed E-state index contributed by atoms with van der Waals surface area (Å²) < 4.78 is 18.6. The maximum atomic E-state index is 13.3. The third kappa shape index (κ3) is 4.58. The van der Waals surface area contributed by atoms with Crippen molar-refractivity contribution in [2.45, 2.75) is 25.5 Å². The van der Waals surface area contributed by atoms with E-state index in [0.717, 1.165) is 0 Å². The smallest absolute Gasteiger partial charge is 0.242 e. The first-order chi connectivity index (χ1) is 9.26. The Morgan fingerprint density at radius 3 is 2.60 bits per heavy atom. The minimum Gasteiger partial charge on any atom is -0.377 e. The minimum atomic E-state index is -0.529. The quantitative estimate of drug-likeness (QED) is 0.867. The van der Waals surface area contributed by atoms with Gasteiger partial charge in [-0.1, -0.05) is 12.1 Å². The van der Waals surface area contributed by atoms with Gasteiger partial charge < -0.3 is 10.1 Å². The third-order valence-corrected chi connectivity index (χ3v) is 3.17. The van der Waals surface area contributed by atoms with Gasteiger partial charge in [0.25, 0.3) is 0 Å². The van der Waals surface area contributed by atoms with E-state index in [-0.39, 0.29) is 11.7 Å². The Hall–Kier alpha value is -1.46. The van der Waals surface area contributed by atoms with Gasteiger partial charge in [-0.25, -0.2) is 4.39 Å². The predicted octanol–water partition coefficient (Wildman–Crippen LogP) is 1.97. The number of methoxy groups -OCH3 is 1. The van der Waals surface area contributed by atoms with E-state index in [1.807, 2.05) is 13.8 Å². The summed E-state index contributed by atoms with van der Waals surface area (Å²) in [5.41, 5.74) is 0.191. The fourth-order valence-electron chi connectivity index (χ4n) is 1.83. The number of benzene rings is 1. The zero-order valence-corrected chi connectivity index (χ0v) is 12.7. The van der Waals surface area contributed by atoms with Crippen molar-refractivity contribution < 1.29 is 13.9 Å². The molecule has 0 aromatic heterocycles. The molecule has 0 radical (unpaired) electrons. The number of nitrogens with zero attached hydrogens (tertiary/aromatic N) is 1. The topological polar surface area (TPSA) is 41.6 Å². The molecular formula is C15H23FN2O2. The second kappa shape index (κ2) is 6.81. The Morgan fingerprint density at radius 2 is 2.10 bits per heavy atom. The average Bonchev–Trinajstić information content (AvgIpc) is 2.36. The Labute approximate surface area is 119 Å². The van der Waals surface area contributed by atoms with Crippen LogP contribution in [0.4, 0.5) is 4.39 Å². The van der Waals surface area contributed by atoms with Crippen LogP contribution in [0.1, 0.15) is 25.5 Å². The summed E-state index contributed by atoms with van der Waals surface area (Å²) in [4.78, 5) is 14.1. The maximum absolute atomic E-state index is 13.3. The molecule has 1 aromatic carbocycles. The van der Waals surface area contributed by atoms with Crippen molar-refractivity contribution in [1.29, 1.82) is 0 Å². The van der Waals surface area contributed by atoms with E-state index in [9.17, 15) is 9.18 Å². The molecule has 0 bridgehead atoms. The van der Waals surface area contributed by atoms with Crippen molar-refractivity contribution in [2.75, 3.05) is 27.7 Å². The molecule has 0 heterocycles. The number of amides is 1. The fourth-order valence-corrected chi connectivity index (χ4v) is 1.83. The van der Waals surface area contributed by atoms with Crippen LogP contribution in [0.3, 0.4) is 0 Å². The van der Waals surface area contributed by atoms with Crippen LogP contribution in [-0.2, 0) is 9.53 Å². The van der Waals surface area contributed by atoms with Crippen molar-refractivity contribution in [2.24, 2.45) is 0 Å². The molecular weight excluding hydrogens is 259 g/mol. The van der Waals surface area contributed by atoms with Gasteiger partial charge in [-0.3, -0.25) is 9.69 Å². The Morgan fingerprint density at radius 1 is 1.45 bits per heavy atom. The van der Waals surface area contributed by atoms with E-state index >= 15 is 0 Å². The molecule has 4 nitrogen and oxygen atoms in total. The molecule has 0 aliphatic rings. The van der Waals surface area contributed by atoms with Gasteiger partial charge in [-0.2, -0.15) is 0 Å². The van der Waals surface area contributed by atoms with Crippen LogP contribution in [-0.4, -0.2) is 44.2 Å². The number of hydrogen-bond acceptors (Lipinski definition) is 3. The largest absolute Gasteiger partial charge is 0.377 e. The maximum Gasteiger partial charge on any atom is 0.242 e. The Bertz CT molecular complexity index is 461. The average molecular weight is 282 g/mol. The second-order valence-corrected chi connectivity index (χ2v) is 5.60. The summed E-state index contributed by atoms with van der Waals surface area (Å²) in [7, 11) is 5.18. The first kappa shape index (κ1) is 16.6. The predicted molar refractivity (Wildman–Crippen MR) is 76.9 cm³/mol. The number of ether oxygens (including phenoxy) is 1. The third-order valence-electron chi connectivity index (χ3n) is 3.17. The number of carbonyl (C=O) groups is 1. The first-order valence-electron chi connectivity index (χ1n) is 6.51. The summed E-state index contributed by atoms with van der Waals surface area (Å²) in [6.45, 7) is 4.17. The molecule has 0 unspecified atom stereocenters. The van der Waals surface area contributed by atoms with Crippen LogP contribution in [0.15, 0.2) is 24.3 Å². The van der Waals surface area contributed by atoms with Crippen molar-refractivity contribution >= 4 is 5.91 Å². The van der Waals surface area contributed by atoms with E-state index in [4.69, 9.17) is 4.74 Å². The molecule has 5 heteroatoms. The van der Waals surface area contributed by atoms with Crippen molar-refractivity contribution in [3.05, 3.63) is 35.6 Å². The van der Waals surface area contributed by atoms with Gasteiger partial charge >= 0.3 is 0 Å². The van der Waals surface area contributed by atoms with Crippen LogP contribution in [0.5, 0.6) is 0 Å². The van der Waals surface area contributed by atoms with Gasteiger partial charge in [0.15, 0.2) is 0 Å². The van der Waals surface area contributed by atoms with Crippen molar-refractivity contribution in [1.82, 2.24) is 10.2 Å². The lowest BCUT2D eigenvalue weighted by Crippen LogP contribution is -2.44. The molecule has 1 aromatic rings. The van der Waals surface area contributed by atoms with Crippen LogP contribution < -0.4 is 5.32 Å². The first-order valence-corrected chi connectivity index (χ1v) is 6.51. The SMILES string of the molecule is COC(C)(C)CNC(=O)[C@@H](c1cccc(F)c1)N(C)C. The van der Waals surface area contributed by atoms with Crippen molar-refractivity contribution in [3.63, 3.8) is 0 Å². The van der Waals surface area contributed by atoms with Gasteiger partial charge in [-0.15, -0.1) is 0 Å². The highest BCUT2D eigenvalue weighted by molar-refractivity contribution is 5.83. The summed E-state index contributed by atoms with van der Waals surface area (Å²) in [5.74, 6) is -0.523. The molecule has 0 aliphatic heterocycles. The molecule has 1 rings (SSSR count). The normalized spacial score (nSPS) is 13.3. The molecule has 1 N–H and O–H groups in total. The number of likely N-dealkylation sites (N-methyl/N-ethyl adjacent to an activating group) is 1. The van der Waals surface area contributed by atoms with Crippen molar-refractivity contribution in [3.8, 4) is 0 Å². The van der Waals surface area contributed by atoms with Crippen LogP contribution in [0, 0.1) is 5.82 Å².